The maximum atomic E-state index is 11.8. The average molecular weight is 314 g/mol. The lowest BCUT2D eigenvalue weighted by Gasteiger charge is -2.03. The van der Waals surface area contributed by atoms with Crippen molar-refractivity contribution in [2.24, 2.45) is 0 Å². The van der Waals surface area contributed by atoms with Crippen molar-refractivity contribution in [1.82, 2.24) is 15.1 Å². The molecule has 90 valence electrons. The summed E-state index contributed by atoms with van der Waals surface area (Å²) in [5.74, 6) is -0.0315. The summed E-state index contributed by atoms with van der Waals surface area (Å²) in [6, 6.07) is 3.75. The van der Waals surface area contributed by atoms with Gasteiger partial charge in [0.2, 0.25) is 0 Å². The Kier molecular flexibility index (Phi) is 3.96. The number of amides is 1. The maximum Gasteiger partial charge on any atom is 0.261 e. The lowest BCUT2D eigenvalue weighted by molar-refractivity contribution is 0.0956. The highest BCUT2D eigenvalue weighted by Crippen LogP contribution is 2.27. The number of carbonyl (C=O) groups is 1. The molecule has 0 saturated carbocycles. The van der Waals surface area contributed by atoms with Crippen LogP contribution in [0.4, 0.5) is 0 Å². The number of carbonyl (C=O) groups excluding carboxylic acids is 1. The van der Waals surface area contributed by atoms with Gasteiger partial charge in [-0.2, -0.15) is 5.10 Å². The Labute approximate surface area is 112 Å². The molecule has 1 N–H and O–H groups in total. The summed E-state index contributed by atoms with van der Waals surface area (Å²) in [5, 5.41) is 6.93. The number of rotatable bonds is 4. The van der Waals surface area contributed by atoms with E-state index in [4.69, 9.17) is 0 Å². The molecule has 0 aliphatic heterocycles. The van der Waals surface area contributed by atoms with E-state index in [1.54, 1.807) is 10.9 Å². The van der Waals surface area contributed by atoms with Crippen LogP contribution in [0.15, 0.2) is 28.3 Å². The van der Waals surface area contributed by atoms with Crippen molar-refractivity contribution in [1.29, 1.82) is 0 Å². The van der Waals surface area contributed by atoms with Crippen molar-refractivity contribution in [3.8, 4) is 0 Å². The van der Waals surface area contributed by atoms with E-state index in [0.29, 0.717) is 13.1 Å². The molecule has 1 amide bonds. The van der Waals surface area contributed by atoms with Crippen molar-refractivity contribution < 1.29 is 4.79 Å². The molecule has 2 aromatic heterocycles. The Balaban J connectivity index is 1.85. The molecule has 0 saturated heterocycles. The molecule has 0 aliphatic carbocycles. The monoisotopic (exact) mass is 313 g/mol. The summed E-state index contributed by atoms with van der Waals surface area (Å²) in [5.41, 5.74) is 1.09. The predicted molar refractivity (Wildman–Crippen MR) is 71.3 cm³/mol. The number of aromatic nitrogens is 2. The van der Waals surface area contributed by atoms with E-state index in [2.05, 4.69) is 26.3 Å². The van der Waals surface area contributed by atoms with Crippen LogP contribution >= 0.6 is 27.3 Å². The van der Waals surface area contributed by atoms with E-state index >= 15 is 0 Å². The zero-order valence-electron chi connectivity index (χ0n) is 9.31. The first-order chi connectivity index (χ1) is 8.16. The van der Waals surface area contributed by atoms with Crippen molar-refractivity contribution in [3.63, 3.8) is 0 Å². The zero-order chi connectivity index (χ0) is 12.3. The van der Waals surface area contributed by atoms with Gasteiger partial charge in [0.15, 0.2) is 0 Å². The minimum atomic E-state index is -0.0315. The van der Waals surface area contributed by atoms with Gasteiger partial charge in [-0.05, 0) is 40.5 Å². The Bertz CT molecular complexity index is 487. The number of nitrogens with one attached hydrogen (secondary N) is 1. The molecule has 0 bridgehead atoms. The molecule has 0 radical (unpaired) electrons. The number of aryl methyl sites for hydroxylation is 1. The summed E-state index contributed by atoms with van der Waals surface area (Å²) in [4.78, 5) is 12.5. The third-order valence-corrected chi connectivity index (χ3v) is 4.40. The minimum absolute atomic E-state index is 0.0315. The number of halogens is 1. The van der Waals surface area contributed by atoms with Crippen LogP contribution in [0.2, 0.25) is 0 Å². The fourth-order valence-corrected chi connectivity index (χ4v) is 2.83. The van der Waals surface area contributed by atoms with E-state index in [-0.39, 0.29) is 5.91 Å². The highest BCUT2D eigenvalue weighted by molar-refractivity contribution is 9.11. The normalized spacial score (nSPS) is 10.5. The average Bonchev–Trinajstić information content (AvgIpc) is 2.90. The molecular formula is C11H12BrN3OS. The number of thiophene rings is 1. The van der Waals surface area contributed by atoms with Crippen LogP contribution in [-0.4, -0.2) is 22.2 Å². The second kappa shape index (κ2) is 5.46. The van der Waals surface area contributed by atoms with Gasteiger partial charge < -0.3 is 5.32 Å². The topological polar surface area (TPSA) is 46.9 Å². The first-order valence-electron chi connectivity index (χ1n) is 5.18. The van der Waals surface area contributed by atoms with Crippen LogP contribution in [0, 0.1) is 6.92 Å². The van der Waals surface area contributed by atoms with Crippen LogP contribution in [0.3, 0.4) is 0 Å². The van der Waals surface area contributed by atoms with Crippen molar-refractivity contribution in [2.45, 2.75) is 13.5 Å². The number of nitrogens with zero attached hydrogens (tertiary/aromatic N) is 2. The van der Waals surface area contributed by atoms with Gasteiger partial charge in [-0.25, -0.2) is 0 Å². The minimum Gasteiger partial charge on any atom is -0.349 e. The van der Waals surface area contributed by atoms with Crippen LogP contribution in [-0.2, 0) is 6.54 Å². The van der Waals surface area contributed by atoms with Crippen LogP contribution in [0.5, 0.6) is 0 Å². The molecule has 6 heteroatoms. The number of hydrogen-bond donors (Lipinski definition) is 1. The van der Waals surface area contributed by atoms with Crippen molar-refractivity contribution in [3.05, 3.63) is 38.8 Å². The Hall–Kier alpha value is -1.14. The quantitative estimate of drug-likeness (QED) is 0.942. The van der Waals surface area contributed by atoms with Crippen molar-refractivity contribution >= 4 is 33.2 Å². The summed E-state index contributed by atoms with van der Waals surface area (Å²) in [7, 11) is 0. The zero-order valence-corrected chi connectivity index (χ0v) is 11.7. The van der Waals surface area contributed by atoms with Crippen LogP contribution < -0.4 is 5.32 Å². The van der Waals surface area contributed by atoms with Gasteiger partial charge in [-0.3, -0.25) is 9.48 Å². The molecule has 0 aliphatic rings. The molecule has 0 fully saturated rings. The SMILES string of the molecule is Cc1cc(C(=O)NCCn2cccn2)sc1Br. The Morgan fingerprint density at radius 1 is 1.65 bits per heavy atom. The molecule has 0 atom stereocenters. The maximum absolute atomic E-state index is 11.8. The van der Waals surface area contributed by atoms with Crippen LogP contribution in [0.1, 0.15) is 15.2 Å². The molecule has 4 nitrogen and oxygen atoms in total. The molecular weight excluding hydrogens is 302 g/mol. The molecule has 2 rings (SSSR count). The van der Waals surface area contributed by atoms with Gasteiger partial charge >= 0.3 is 0 Å². The van der Waals surface area contributed by atoms with Crippen LogP contribution in [0.25, 0.3) is 0 Å². The smallest absolute Gasteiger partial charge is 0.261 e. The summed E-state index contributed by atoms with van der Waals surface area (Å²) >= 11 is 4.86. The summed E-state index contributed by atoms with van der Waals surface area (Å²) in [6.45, 7) is 3.24. The second-order valence-corrected chi connectivity index (χ2v) is 5.96. The lowest BCUT2D eigenvalue weighted by atomic mass is 10.3. The van der Waals surface area contributed by atoms with Gasteiger partial charge in [0.05, 0.1) is 15.2 Å². The van der Waals surface area contributed by atoms with E-state index in [1.165, 1.54) is 11.3 Å². The van der Waals surface area contributed by atoms with Gasteiger partial charge in [0.1, 0.15) is 0 Å². The Morgan fingerprint density at radius 3 is 3.06 bits per heavy atom. The van der Waals surface area contributed by atoms with Gasteiger partial charge in [-0.1, -0.05) is 0 Å². The van der Waals surface area contributed by atoms with E-state index in [1.807, 2.05) is 25.3 Å². The molecule has 0 aromatic carbocycles. The van der Waals surface area contributed by atoms with Crippen molar-refractivity contribution in [2.75, 3.05) is 6.54 Å². The molecule has 0 spiro atoms. The van der Waals surface area contributed by atoms with Gasteiger partial charge in [0.25, 0.3) is 5.91 Å². The Morgan fingerprint density at radius 2 is 2.47 bits per heavy atom. The third kappa shape index (κ3) is 3.17. The predicted octanol–water partition coefficient (Wildman–Crippen LogP) is 2.45. The fraction of sp³-hybridized carbons (Fsp3) is 0.273. The fourth-order valence-electron chi connectivity index (χ4n) is 1.38. The highest BCUT2D eigenvalue weighted by atomic mass is 79.9. The van der Waals surface area contributed by atoms with Gasteiger partial charge in [0, 0.05) is 18.9 Å². The van der Waals surface area contributed by atoms with E-state index < -0.39 is 0 Å². The standard InChI is InChI=1S/C11H12BrN3OS/c1-8-7-9(17-10(8)12)11(16)13-4-6-15-5-2-3-14-15/h2-3,5,7H,4,6H2,1H3,(H,13,16). The van der Waals surface area contributed by atoms with E-state index in [9.17, 15) is 4.79 Å². The second-order valence-electron chi connectivity index (χ2n) is 3.59. The summed E-state index contributed by atoms with van der Waals surface area (Å²) in [6.07, 6.45) is 3.60. The molecule has 2 heterocycles. The molecule has 2 aromatic rings. The first-order valence-corrected chi connectivity index (χ1v) is 6.79. The first kappa shape index (κ1) is 12.3. The molecule has 0 unspecified atom stereocenters. The summed E-state index contributed by atoms with van der Waals surface area (Å²) < 4.78 is 2.80. The largest absolute Gasteiger partial charge is 0.349 e. The van der Waals surface area contributed by atoms with E-state index in [0.717, 1.165) is 14.2 Å². The molecule has 17 heavy (non-hydrogen) atoms. The number of hydrogen-bond acceptors (Lipinski definition) is 3. The third-order valence-electron chi connectivity index (χ3n) is 2.27. The highest BCUT2D eigenvalue weighted by Gasteiger charge is 2.10. The lowest BCUT2D eigenvalue weighted by Crippen LogP contribution is -2.26. The van der Waals surface area contributed by atoms with Gasteiger partial charge in [-0.15, -0.1) is 11.3 Å².